The second-order valence-corrected chi connectivity index (χ2v) is 6.74. The van der Waals surface area contributed by atoms with Crippen molar-refractivity contribution in [3.05, 3.63) is 29.6 Å². The number of hydrogen-bond acceptors (Lipinski definition) is 4. The van der Waals surface area contributed by atoms with E-state index in [4.69, 9.17) is 0 Å². The highest BCUT2D eigenvalue weighted by Gasteiger charge is 2.38. The van der Waals surface area contributed by atoms with Crippen LogP contribution in [-0.2, 0) is 19.6 Å². The predicted octanol–water partition coefficient (Wildman–Crippen LogP) is 2.14. The molecular weight excluding hydrogens is 297 g/mol. The van der Waals surface area contributed by atoms with E-state index in [0.717, 1.165) is 6.07 Å². The van der Waals surface area contributed by atoms with Crippen LogP contribution in [0.25, 0.3) is 0 Å². The van der Waals surface area contributed by atoms with Crippen LogP contribution in [0.15, 0.2) is 23.1 Å². The Kier molecular flexibility index (Phi) is 5.47. The Morgan fingerprint density at radius 3 is 2.57 bits per heavy atom. The van der Waals surface area contributed by atoms with Crippen molar-refractivity contribution in [3.63, 3.8) is 0 Å². The third kappa shape index (κ3) is 4.01. The highest BCUT2D eigenvalue weighted by Crippen LogP contribution is 2.22. The largest absolute Gasteiger partial charge is 0.468 e. The van der Waals surface area contributed by atoms with Crippen molar-refractivity contribution in [1.82, 2.24) is 4.72 Å². The van der Waals surface area contributed by atoms with E-state index in [0.29, 0.717) is 12.0 Å². The number of ether oxygens (including phenoxy) is 1. The van der Waals surface area contributed by atoms with Crippen molar-refractivity contribution < 1.29 is 22.3 Å². The lowest BCUT2D eigenvalue weighted by atomic mass is 9.98. The molecule has 118 valence electrons. The molecule has 1 N–H and O–H groups in total. The van der Waals surface area contributed by atoms with E-state index in [2.05, 4.69) is 9.46 Å². The van der Waals surface area contributed by atoms with Crippen LogP contribution in [-0.4, -0.2) is 27.0 Å². The quantitative estimate of drug-likeness (QED) is 0.816. The first-order valence-corrected chi connectivity index (χ1v) is 8.03. The van der Waals surface area contributed by atoms with Crippen molar-refractivity contribution >= 4 is 16.0 Å². The molecule has 0 amide bonds. The number of sulfonamides is 1. The maximum atomic E-state index is 13.3. The van der Waals surface area contributed by atoms with Crippen LogP contribution in [0.4, 0.5) is 4.39 Å². The topological polar surface area (TPSA) is 72.5 Å². The fraction of sp³-hybridized carbons (Fsp3) is 0.500. The summed E-state index contributed by atoms with van der Waals surface area (Å²) >= 11 is 0. The minimum absolute atomic E-state index is 0.186. The molecule has 1 aromatic carbocycles. The van der Waals surface area contributed by atoms with Gasteiger partial charge in [-0.2, -0.15) is 4.72 Å². The van der Waals surface area contributed by atoms with Gasteiger partial charge in [-0.25, -0.2) is 12.8 Å². The molecule has 5 nitrogen and oxygen atoms in total. The Bertz CT molecular complexity index is 630. The summed E-state index contributed by atoms with van der Waals surface area (Å²) in [4.78, 5) is 11.7. The van der Waals surface area contributed by atoms with Crippen molar-refractivity contribution in [2.24, 2.45) is 0 Å². The number of esters is 1. The summed E-state index contributed by atoms with van der Waals surface area (Å²) in [6.45, 7) is 4.83. The Hall–Kier alpha value is -1.47. The fourth-order valence-corrected chi connectivity index (χ4v) is 3.78. The number of halogens is 1. The van der Waals surface area contributed by atoms with Gasteiger partial charge in [0.15, 0.2) is 0 Å². The summed E-state index contributed by atoms with van der Waals surface area (Å²) in [5, 5.41) is 0. The lowest BCUT2D eigenvalue weighted by Crippen LogP contribution is -2.52. The third-order valence-corrected chi connectivity index (χ3v) is 4.92. The number of hydrogen-bond donors (Lipinski definition) is 1. The zero-order valence-electron chi connectivity index (χ0n) is 12.6. The second kappa shape index (κ2) is 6.53. The molecule has 0 aliphatic carbocycles. The predicted molar refractivity (Wildman–Crippen MR) is 76.8 cm³/mol. The number of aryl methyl sites for hydroxylation is 1. The van der Waals surface area contributed by atoms with Crippen LogP contribution >= 0.6 is 0 Å². The van der Waals surface area contributed by atoms with Gasteiger partial charge in [-0.15, -0.1) is 0 Å². The van der Waals surface area contributed by atoms with E-state index in [1.165, 1.54) is 26.2 Å². The molecule has 7 heteroatoms. The zero-order valence-corrected chi connectivity index (χ0v) is 13.4. The fourth-order valence-electron chi connectivity index (χ4n) is 2.13. The second-order valence-electron chi connectivity index (χ2n) is 5.09. The van der Waals surface area contributed by atoms with Crippen LogP contribution in [0.1, 0.15) is 32.3 Å². The minimum atomic E-state index is -4.04. The normalized spacial score (nSPS) is 14.5. The summed E-state index contributed by atoms with van der Waals surface area (Å²) in [7, 11) is -2.85. The molecule has 1 unspecified atom stereocenters. The van der Waals surface area contributed by atoms with Crippen molar-refractivity contribution in [1.29, 1.82) is 0 Å². The lowest BCUT2D eigenvalue weighted by Gasteiger charge is -2.27. The minimum Gasteiger partial charge on any atom is -0.468 e. The first-order valence-electron chi connectivity index (χ1n) is 6.55. The number of rotatable bonds is 6. The molecule has 0 aromatic heterocycles. The highest BCUT2D eigenvalue weighted by atomic mass is 32.2. The summed E-state index contributed by atoms with van der Waals surface area (Å²) in [5.41, 5.74) is -0.992. The molecule has 0 saturated heterocycles. The number of nitrogens with one attached hydrogen (secondary N) is 1. The zero-order chi connectivity index (χ0) is 16.3. The number of carbonyl (C=O) groups excluding carboxylic acids is 1. The number of benzene rings is 1. The molecule has 0 spiro atoms. The number of methoxy groups -OCH3 is 1. The van der Waals surface area contributed by atoms with E-state index in [1.54, 1.807) is 6.92 Å². The van der Waals surface area contributed by atoms with Crippen LogP contribution in [0.5, 0.6) is 0 Å². The maximum absolute atomic E-state index is 13.3. The molecule has 0 bridgehead atoms. The van der Waals surface area contributed by atoms with E-state index in [9.17, 15) is 17.6 Å². The van der Waals surface area contributed by atoms with E-state index in [1.807, 2.05) is 6.92 Å². The van der Waals surface area contributed by atoms with Gasteiger partial charge in [0.2, 0.25) is 10.0 Å². The van der Waals surface area contributed by atoms with Crippen molar-refractivity contribution in [3.8, 4) is 0 Å². The summed E-state index contributed by atoms with van der Waals surface area (Å²) in [6.07, 6.45) is 0.851. The summed E-state index contributed by atoms with van der Waals surface area (Å²) in [5.74, 6) is -1.33. The Morgan fingerprint density at radius 1 is 1.43 bits per heavy atom. The van der Waals surface area contributed by atoms with Gasteiger partial charge in [-0.1, -0.05) is 19.4 Å². The van der Waals surface area contributed by atoms with E-state index >= 15 is 0 Å². The van der Waals surface area contributed by atoms with Gasteiger partial charge in [0.05, 0.1) is 12.0 Å². The molecule has 0 fully saturated rings. The summed E-state index contributed by atoms with van der Waals surface area (Å²) in [6, 6.07) is 3.49. The van der Waals surface area contributed by atoms with Crippen molar-refractivity contribution in [2.45, 2.75) is 44.0 Å². The molecule has 0 heterocycles. The molecule has 1 aromatic rings. The maximum Gasteiger partial charge on any atom is 0.326 e. The Balaban J connectivity index is 3.24. The molecule has 0 aliphatic rings. The molecular formula is C14H20FNO4S. The molecule has 1 rings (SSSR count). The van der Waals surface area contributed by atoms with Crippen LogP contribution < -0.4 is 4.72 Å². The van der Waals surface area contributed by atoms with Gasteiger partial charge in [0, 0.05) is 0 Å². The van der Waals surface area contributed by atoms with Crippen LogP contribution in [0.2, 0.25) is 0 Å². The average molecular weight is 317 g/mol. The van der Waals surface area contributed by atoms with Gasteiger partial charge >= 0.3 is 5.97 Å². The molecule has 21 heavy (non-hydrogen) atoms. The van der Waals surface area contributed by atoms with Gasteiger partial charge in [0.25, 0.3) is 0 Å². The SMILES string of the molecule is CCCC(C)(NS(=O)(=O)c1cc(F)ccc1C)C(=O)OC. The van der Waals surface area contributed by atoms with Gasteiger partial charge < -0.3 is 4.74 Å². The first-order chi connectivity index (χ1) is 9.66. The molecule has 0 saturated carbocycles. The number of carbonyl (C=O) groups is 1. The average Bonchev–Trinajstić information content (AvgIpc) is 2.40. The van der Waals surface area contributed by atoms with Crippen LogP contribution in [0.3, 0.4) is 0 Å². The standard InChI is InChI=1S/C14H20FNO4S/c1-5-8-14(3,13(17)20-4)16-21(18,19)12-9-11(15)7-6-10(12)2/h6-7,9,16H,5,8H2,1-4H3. The lowest BCUT2D eigenvalue weighted by molar-refractivity contribution is -0.147. The van der Waals surface area contributed by atoms with Gasteiger partial charge in [-0.3, -0.25) is 4.79 Å². The Labute approximate surface area is 124 Å². The van der Waals surface area contributed by atoms with Crippen LogP contribution in [0, 0.1) is 12.7 Å². The third-order valence-electron chi connectivity index (χ3n) is 3.19. The first kappa shape index (κ1) is 17.6. The van der Waals surface area contributed by atoms with Gasteiger partial charge in [-0.05, 0) is 38.0 Å². The van der Waals surface area contributed by atoms with Gasteiger partial charge in [0.1, 0.15) is 11.4 Å². The van der Waals surface area contributed by atoms with Crippen molar-refractivity contribution in [2.75, 3.05) is 7.11 Å². The molecule has 0 radical (unpaired) electrons. The monoisotopic (exact) mass is 317 g/mol. The molecule has 1 atom stereocenters. The smallest absolute Gasteiger partial charge is 0.326 e. The molecule has 0 aliphatic heterocycles. The summed E-state index contributed by atoms with van der Waals surface area (Å²) < 4.78 is 45.2. The van der Waals surface area contributed by atoms with E-state index in [-0.39, 0.29) is 11.3 Å². The van der Waals surface area contributed by atoms with E-state index < -0.39 is 27.3 Å². The Morgan fingerprint density at radius 2 is 2.05 bits per heavy atom. The highest BCUT2D eigenvalue weighted by molar-refractivity contribution is 7.89.